The zero-order valence-electron chi connectivity index (χ0n) is 10.0. The van der Waals surface area contributed by atoms with Crippen LogP contribution in [-0.4, -0.2) is 12.5 Å². The number of amides is 1. The third-order valence-electron chi connectivity index (χ3n) is 3.56. The summed E-state index contributed by atoms with van der Waals surface area (Å²) in [5.74, 6) is -2.38. The topological polar surface area (TPSA) is 29.1 Å². The van der Waals surface area contributed by atoms with Crippen LogP contribution in [0, 0.1) is 17.0 Å². The van der Waals surface area contributed by atoms with E-state index in [4.69, 9.17) is 0 Å². The molecular weight excluding hydrogens is 304 g/mol. The lowest BCUT2D eigenvalue weighted by Gasteiger charge is -2.14. The van der Waals surface area contributed by atoms with Gasteiger partial charge in [-0.15, -0.1) is 0 Å². The first kappa shape index (κ1) is 13.5. The molecule has 1 N–H and O–H groups in total. The first-order valence-corrected chi connectivity index (χ1v) is 6.69. The Morgan fingerprint density at radius 1 is 1.39 bits per heavy atom. The molecule has 0 aromatic heterocycles. The highest BCUT2D eigenvalue weighted by atomic mass is 79.9. The van der Waals surface area contributed by atoms with Crippen molar-refractivity contribution in [2.45, 2.75) is 26.2 Å². The molecule has 18 heavy (non-hydrogen) atoms. The van der Waals surface area contributed by atoms with Gasteiger partial charge in [0.15, 0.2) is 0 Å². The SMILES string of the molecule is CCC1(CNC(=O)c2c(F)cc(Br)cc2F)CC1. The Kier molecular flexibility index (Phi) is 3.71. The van der Waals surface area contributed by atoms with Gasteiger partial charge in [0.1, 0.15) is 17.2 Å². The second-order valence-corrected chi connectivity index (χ2v) is 5.70. The molecule has 0 radical (unpaired) electrons. The van der Waals surface area contributed by atoms with Crippen molar-refractivity contribution >= 4 is 21.8 Å². The van der Waals surface area contributed by atoms with Crippen molar-refractivity contribution in [3.63, 3.8) is 0 Å². The molecule has 0 aliphatic heterocycles. The summed E-state index contributed by atoms with van der Waals surface area (Å²) >= 11 is 2.98. The molecule has 2 rings (SSSR count). The van der Waals surface area contributed by atoms with Crippen molar-refractivity contribution in [3.8, 4) is 0 Å². The molecule has 1 aromatic carbocycles. The fourth-order valence-electron chi connectivity index (χ4n) is 1.95. The Hall–Kier alpha value is -0.970. The zero-order chi connectivity index (χ0) is 13.3. The van der Waals surface area contributed by atoms with Crippen LogP contribution in [0.3, 0.4) is 0 Å². The number of halogens is 3. The molecule has 0 saturated heterocycles. The van der Waals surface area contributed by atoms with Gasteiger partial charge >= 0.3 is 0 Å². The lowest BCUT2D eigenvalue weighted by Crippen LogP contribution is -2.31. The third kappa shape index (κ3) is 2.71. The summed E-state index contributed by atoms with van der Waals surface area (Å²) < 4.78 is 27.4. The van der Waals surface area contributed by atoms with Gasteiger partial charge in [0.25, 0.3) is 5.91 Å². The van der Waals surface area contributed by atoms with Crippen LogP contribution in [0.1, 0.15) is 36.5 Å². The minimum absolute atomic E-state index is 0.151. The van der Waals surface area contributed by atoms with Crippen LogP contribution in [0.15, 0.2) is 16.6 Å². The summed E-state index contributed by atoms with van der Waals surface area (Å²) in [6, 6.07) is 2.18. The second kappa shape index (κ2) is 4.96. The summed E-state index contributed by atoms with van der Waals surface area (Å²) in [4.78, 5) is 11.8. The van der Waals surface area contributed by atoms with Crippen LogP contribution < -0.4 is 5.32 Å². The molecule has 1 aromatic rings. The fraction of sp³-hybridized carbons (Fsp3) is 0.462. The van der Waals surface area contributed by atoms with Crippen LogP contribution in [0.25, 0.3) is 0 Å². The molecule has 1 aliphatic rings. The van der Waals surface area contributed by atoms with Crippen LogP contribution in [-0.2, 0) is 0 Å². The number of benzene rings is 1. The average Bonchev–Trinajstić information content (AvgIpc) is 3.05. The van der Waals surface area contributed by atoms with Crippen LogP contribution in [0.4, 0.5) is 8.78 Å². The van der Waals surface area contributed by atoms with Crippen molar-refractivity contribution in [3.05, 3.63) is 33.8 Å². The van der Waals surface area contributed by atoms with Gasteiger partial charge in [-0.25, -0.2) is 8.78 Å². The van der Waals surface area contributed by atoms with E-state index in [0.717, 1.165) is 31.4 Å². The Morgan fingerprint density at radius 2 is 1.94 bits per heavy atom. The Labute approximate surface area is 113 Å². The number of carbonyl (C=O) groups excluding carboxylic acids is 1. The molecular formula is C13H14BrF2NO. The molecule has 0 heterocycles. The maximum absolute atomic E-state index is 13.5. The van der Waals surface area contributed by atoms with Gasteiger partial charge in [0, 0.05) is 11.0 Å². The summed E-state index contributed by atoms with van der Waals surface area (Å²) in [5, 5.41) is 2.62. The smallest absolute Gasteiger partial charge is 0.257 e. The molecule has 5 heteroatoms. The summed E-state index contributed by atoms with van der Waals surface area (Å²) in [5.41, 5.74) is -0.358. The van der Waals surface area contributed by atoms with E-state index in [1.54, 1.807) is 0 Å². The molecule has 0 atom stereocenters. The van der Waals surface area contributed by atoms with Crippen LogP contribution in [0.2, 0.25) is 0 Å². The number of carbonyl (C=O) groups is 1. The highest BCUT2D eigenvalue weighted by Crippen LogP contribution is 2.47. The first-order valence-electron chi connectivity index (χ1n) is 5.90. The summed E-state index contributed by atoms with van der Waals surface area (Å²) in [6.45, 7) is 2.54. The fourth-order valence-corrected chi connectivity index (χ4v) is 2.35. The Bertz CT molecular complexity index is 463. The lowest BCUT2D eigenvalue weighted by molar-refractivity contribution is 0.0936. The van der Waals surface area contributed by atoms with Gasteiger partial charge in [-0.1, -0.05) is 22.9 Å². The highest BCUT2D eigenvalue weighted by molar-refractivity contribution is 9.10. The second-order valence-electron chi connectivity index (χ2n) is 4.78. The molecule has 0 bridgehead atoms. The van der Waals surface area contributed by atoms with Crippen molar-refractivity contribution in [1.82, 2.24) is 5.32 Å². The van der Waals surface area contributed by atoms with E-state index < -0.39 is 23.1 Å². The summed E-state index contributed by atoms with van der Waals surface area (Å²) in [6.07, 6.45) is 3.10. The van der Waals surface area contributed by atoms with E-state index in [9.17, 15) is 13.6 Å². The lowest BCUT2D eigenvalue weighted by atomic mass is 10.0. The van der Waals surface area contributed by atoms with Crippen molar-refractivity contribution in [1.29, 1.82) is 0 Å². The van der Waals surface area contributed by atoms with Gasteiger partial charge in [0.05, 0.1) is 0 Å². The maximum atomic E-state index is 13.5. The molecule has 1 aliphatic carbocycles. The molecule has 1 fully saturated rings. The van der Waals surface area contributed by atoms with Crippen LogP contribution >= 0.6 is 15.9 Å². The normalized spacial score (nSPS) is 16.4. The zero-order valence-corrected chi connectivity index (χ0v) is 11.6. The monoisotopic (exact) mass is 317 g/mol. The minimum atomic E-state index is -0.847. The Balaban J connectivity index is 2.09. The van der Waals surface area contributed by atoms with E-state index in [2.05, 4.69) is 28.2 Å². The van der Waals surface area contributed by atoms with E-state index in [0.29, 0.717) is 6.54 Å². The molecule has 1 saturated carbocycles. The van der Waals surface area contributed by atoms with Gasteiger partial charge in [-0.2, -0.15) is 0 Å². The largest absolute Gasteiger partial charge is 0.351 e. The molecule has 0 unspecified atom stereocenters. The average molecular weight is 318 g/mol. The van der Waals surface area contributed by atoms with Gasteiger partial charge in [-0.3, -0.25) is 4.79 Å². The molecule has 98 valence electrons. The number of rotatable bonds is 4. The Morgan fingerprint density at radius 3 is 2.39 bits per heavy atom. The van der Waals surface area contributed by atoms with Crippen molar-refractivity contribution in [2.75, 3.05) is 6.54 Å². The summed E-state index contributed by atoms with van der Waals surface area (Å²) in [7, 11) is 0. The van der Waals surface area contributed by atoms with Crippen molar-refractivity contribution in [2.24, 2.45) is 5.41 Å². The molecule has 2 nitrogen and oxygen atoms in total. The third-order valence-corrected chi connectivity index (χ3v) is 4.02. The highest BCUT2D eigenvalue weighted by Gasteiger charge is 2.40. The standard InChI is InChI=1S/C13H14BrF2NO/c1-2-13(3-4-13)7-17-12(18)11-9(15)5-8(14)6-10(11)16/h5-6H,2-4,7H2,1H3,(H,17,18). The molecule has 1 amide bonds. The van der Waals surface area contributed by atoms with Crippen LogP contribution in [0.5, 0.6) is 0 Å². The number of hydrogen-bond acceptors (Lipinski definition) is 1. The van der Waals surface area contributed by atoms with Gasteiger partial charge < -0.3 is 5.32 Å². The van der Waals surface area contributed by atoms with E-state index >= 15 is 0 Å². The minimum Gasteiger partial charge on any atom is -0.351 e. The van der Waals surface area contributed by atoms with E-state index in [1.165, 1.54) is 0 Å². The molecule has 0 spiro atoms. The number of nitrogens with one attached hydrogen (secondary N) is 1. The van der Waals surface area contributed by atoms with Crippen molar-refractivity contribution < 1.29 is 13.6 Å². The van der Waals surface area contributed by atoms with Gasteiger partial charge in [0.2, 0.25) is 0 Å². The quantitative estimate of drug-likeness (QED) is 0.902. The predicted octanol–water partition coefficient (Wildman–Crippen LogP) is 3.65. The van der Waals surface area contributed by atoms with E-state index in [-0.39, 0.29) is 9.89 Å². The van der Waals surface area contributed by atoms with Gasteiger partial charge in [-0.05, 0) is 36.8 Å². The number of hydrogen-bond donors (Lipinski definition) is 1. The van der Waals surface area contributed by atoms with E-state index in [1.807, 2.05) is 0 Å². The first-order chi connectivity index (χ1) is 8.47. The maximum Gasteiger partial charge on any atom is 0.257 e. The predicted molar refractivity (Wildman–Crippen MR) is 68.3 cm³/mol.